The number of thioether (sulfide) groups is 1. The topological polar surface area (TPSA) is 85.0 Å². The number of amidine groups is 1. The van der Waals surface area contributed by atoms with Crippen molar-refractivity contribution in [1.29, 1.82) is 0 Å². The number of non-ortho nitro benzene ring substituents is 1. The van der Waals surface area contributed by atoms with Crippen LogP contribution in [0.2, 0.25) is 0 Å². The Hall–Kier alpha value is -2.87. The fourth-order valence-corrected chi connectivity index (χ4v) is 3.52. The first kappa shape index (κ1) is 17.9. The highest BCUT2D eigenvalue weighted by atomic mass is 32.2. The number of nitrogens with zero attached hydrogens (tertiary/aromatic N) is 3. The van der Waals surface area contributed by atoms with Gasteiger partial charge in [0.2, 0.25) is 0 Å². The molecule has 0 aromatic heterocycles. The summed E-state index contributed by atoms with van der Waals surface area (Å²) in [6.45, 7) is 1.08. The second-order valence-corrected chi connectivity index (χ2v) is 6.51. The van der Waals surface area contributed by atoms with E-state index in [1.165, 1.54) is 23.9 Å². The SMILES string of the molecule is COc1ccc(C(=O)N2CCN=C2SCc2cccc([N+](=O)[O-])c2)cc1. The lowest BCUT2D eigenvalue weighted by molar-refractivity contribution is -0.384. The molecule has 3 rings (SSSR count). The summed E-state index contributed by atoms with van der Waals surface area (Å²) < 4.78 is 5.11. The number of rotatable bonds is 5. The highest BCUT2D eigenvalue weighted by Crippen LogP contribution is 2.24. The van der Waals surface area contributed by atoms with Crippen LogP contribution in [-0.4, -0.2) is 41.1 Å². The molecule has 0 radical (unpaired) electrons. The van der Waals surface area contributed by atoms with Gasteiger partial charge in [-0.15, -0.1) is 0 Å². The third kappa shape index (κ3) is 4.02. The smallest absolute Gasteiger partial charge is 0.269 e. The average molecular weight is 371 g/mol. The maximum absolute atomic E-state index is 12.7. The number of nitro groups is 1. The Kier molecular flexibility index (Phi) is 5.52. The van der Waals surface area contributed by atoms with Gasteiger partial charge in [-0.2, -0.15) is 0 Å². The van der Waals surface area contributed by atoms with Gasteiger partial charge in [0.15, 0.2) is 5.17 Å². The first-order valence-corrected chi connectivity index (χ1v) is 8.93. The summed E-state index contributed by atoms with van der Waals surface area (Å²) in [5, 5.41) is 11.5. The van der Waals surface area contributed by atoms with E-state index in [4.69, 9.17) is 4.74 Å². The van der Waals surface area contributed by atoms with Gasteiger partial charge in [0.25, 0.3) is 11.6 Å². The number of hydrogen-bond donors (Lipinski definition) is 0. The molecular formula is C18H17N3O4S. The van der Waals surface area contributed by atoms with Gasteiger partial charge in [-0.25, -0.2) is 0 Å². The Morgan fingerprint density at radius 1 is 1.31 bits per heavy atom. The zero-order chi connectivity index (χ0) is 18.5. The van der Waals surface area contributed by atoms with E-state index in [2.05, 4.69) is 4.99 Å². The quantitative estimate of drug-likeness (QED) is 0.594. The highest BCUT2D eigenvalue weighted by molar-refractivity contribution is 8.13. The van der Waals surface area contributed by atoms with Crippen molar-refractivity contribution in [3.8, 4) is 5.75 Å². The molecule has 0 fully saturated rings. The van der Waals surface area contributed by atoms with Gasteiger partial charge in [0.05, 0.1) is 18.6 Å². The molecule has 1 heterocycles. The van der Waals surface area contributed by atoms with Crippen molar-refractivity contribution in [2.75, 3.05) is 20.2 Å². The molecule has 1 aliphatic heterocycles. The van der Waals surface area contributed by atoms with Crippen molar-refractivity contribution < 1.29 is 14.5 Å². The normalized spacial score (nSPS) is 13.4. The monoisotopic (exact) mass is 371 g/mol. The summed E-state index contributed by atoms with van der Waals surface area (Å²) >= 11 is 1.40. The number of aliphatic imine (C=N–C) groups is 1. The standard InChI is InChI=1S/C18H17N3O4S/c1-25-16-7-5-14(6-8-16)17(22)20-10-9-19-18(20)26-12-13-3-2-4-15(11-13)21(23)24/h2-8,11H,9-10,12H2,1H3. The van der Waals surface area contributed by atoms with Crippen LogP contribution in [0.15, 0.2) is 53.5 Å². The van der Waals surface area contributed by atoms with Crippen LogP contribution in [0.25, 0.3) is 0 Å². The molecule has 0 bridgehead atoms. The van der Waals surface area contributed by atoms with Crippen LogP contribution in [0.1, 0.15) is 15.9 Å². The Bertz CT molecular complexity index is 852. The average Bonchev–Trinajstić information content (AvgIpc) is 3.14. The molecular weight excluding hydrogens is 354 g/mol. The van der Waals surface area contributed by atoms with Crippen molar-refractivity contribution in [3.63, 3.8) is 0 Å². The summed E-state index contributed by atoms with van der Waals surface area (Å²) in [7, 11) is 1.58. The minimum absolute atomic E-state index is 0.0580. The second-order valence-electron chi connectivity index (χ2n) is 5.57. The van der Waals surface area contributed by atoms with Crippen molar-refractivity contribution in [3.05, 3.63) is 69.8 Å². The van der Waals surface area contributed by atoms with Crippen LogP contribution in [0, 0.1) is 10.1 Å². The Morgan fingerprint density at radius 2 is 2.08 bits per heavy atom. The van der Waals surface area contributed by atoms with E-state index in [9.17, 15) is 14.9 Å². The third-order valence-electron chi connectivity index (χ3n) is 3.87. The molecule has 0 N–H and O–H groups in total. The maximum Gasteiger partial charge on any atom is 0.269 e. The first-order valence-electron chi connectivity index (χ1n) is 7.95. The van der Waals surface area contributed by atoms with Gasteiger partial charge in [0.1, 0.15) is 5.75 Å². The summed E-state index contributed by atoms with van der Waals surface area (Å²) in [6, 6.07) is 13.4. The van der Waals surface area contributed by atoms with Crippen LogP contribution >= 0.6 is 11.8 Å². The molecule has 0 saturated carbocycles. The number of carbonyl (C=O) groups excluding carboxylic acids is 1. The van der Waals surface area contributed by atoms with E-state index in [0.29, 0.717) is 35.3 Å². The predicted octanol–water partition coefficient (Wildman–Crippen LogP) is 3.35. The summed E-state index contributed by atoms with van der Waals surface area (Å²) in [4.78, 5) is 29.2. The van der Waals surface area contributed by atoms with Gasteiger partial charge in [-0.05, 0) is 29.8 Å². The fraction of sp³-hybridized carbons (Fsp3) is 0.222. The molecule has 2 aromatic rings. The van der Waals surface area contributed by atoms with E-state index in [-0.39, 0.29) is 11.6 Å². The van der Waals surface area contributed by atoms with E-state index < -0.39 is 4.92 Å². The second kappa shape index (κ2) is 8.01. The Morgan fingerprint density at radius 3 is 2.77 bits per heavy atom. The van der Waals surface area contributed by atoms with E-state index in [1.54, 1.807) is 42.3 Å². The predicted molar refractivity (Wildman–Crippen MR) is 101 cm³/mol. The van der Waals surface area contributed by atoms with Gasteiger partial charge in [-0.1, -0.05) is 23.9 Å². The first-order chi connectivity index (χ1) is 12.6. The Balaban J connectivity index is 1.67. The lowest BCUT2D eigenvalue weighted by Crippen LogP contribution is -2.32. The number of hydrogen-bond acceptors (Lipinski definition) is 6. The molecule has 0 spiro atoms. The van der Waals surface area contributed by atoms with Crippen LogP contribution in [0.3, 0.4) is 0 Å². The molecule has 0 aliphatic carbocycles. The molecule has 1 amide bonds. The number of nitro benzene ring substituents is 1. The Labute approximate surface area is 154 Å². The van der Waals surface area contributed by atoms with E-state index in [0.717, 1.165) is 5.56 Å². The van der Waals surface area contributed by atoms with E-state index >= 15 is 0 Å². The lowest BCUT2D eigenvalue weighted by Gasteiger charge is -2.18. The van der Waals surface area contributed by atoms with E-state index in [1.807, 2.05) is 6.07 Å². The van der Waals surface area contributed by atoms with Crippen molar-refractivity contribution in [2.45, 2.75) is 5.75 Å². The number of amides is 1. The fourth-order valence-electron chi connectivity index (χ4n) is 2.54. The zero-order valence-electron chi connectivity index (χ0n) is 14.1. The molecule has 2 aromatic carbocycles. The molecule has 7 nitrogen and oxygen atoms in total. The van der Waals surface area contributed by atoms with Gasteiger partial charge < -0.3 is 4.74 Å². The van der Waals surface area contributed by atoms with Crippen molar-refractivity contribution in [2.24, 2.45) is 4.99 Å². The number of carbonyl (C=O) groups is 1. The van der Waals surface area contributed by atoms with Crippen molar-refractivity contribution >= 4 is 28.5 Å². The lowest BCUT2D eigenvalue weighted by atomic mass is 10.2. The van der Waals surface area contributed by atoms with Gasteiger partial charge in [-0.3, -0.25) is 24.8 Å². The van der Waals surface area contributed by atoms with Crippen LogP contribution in [0.5, 0.6) is 5.75 Å². The van der Waals surface area contributed by atoms with Crippen molar-refractivity contribution in [1.82, 2.24) is 4.90 Å². The zero-order valence-corrected chi connectivity index (χ0v) is 14.9. The summed E-state index contributed by atoms with van der Waals surface area (Å²) in [5.41, 5.74) is 1.44. The molecule has 8 heteroatoms. The van der Waals surface area contributed by atoms with Gasteiger partial charge in [0, 0.05) is 30.0 Å². The number of ether oxygens (including phenoxy) is 1. The minimum atomic E-state index is -0.416. The molecule has 0 saturated heterocycles. The minimum Gasteiger partial charge on any atom is -0.497 e. The molecule has 0 unspecified atom stereocenters. The van der Waals surface area contributed by atoms with Gasteiger partial charge >= 0.3 is 0 Å². The van der Waals surface area contributed by atoms with Crippen LogP contribution in [0.4, 0.5) is 5.69 Å². The summed E-state index contributed by atoms with van der Waals surface area (Å²) in [5.74, 6) is 1.08. The molecule has 1 aliphatic rings. The summed E-state index contributed by atoms with van der Waals surface area (Å²) in [6.07, 6.45) is 0. The largest absolute Gasteiger partial charge is 0.497 e. The van der Waals surface area contributed by atoms with Crippen LogP contribution in [-0.2, 0) is 5.75 Å². The molecule has 134 valence electrons. The highest BCUT2D eigenvalue weighted by Gasteiger charge is 2.25. The number of methoxy groups -OCH3 is 1. The molecule has 26 heavy (non-hydrogen) atoms. The number of benzene rings is 2. The third-order valence-corrected chi connectivity index (χ3v) is 4.96. The maximum atomic E-state index is 12.7. The van der Waals surface area contributed by atoms with Crippen LogP contribution < -0.4 is 4.74 Å². The molecule has 0 atom stereocenters.